The number of rotatable bonds is 4. The zero-order chi connectivity index (χ0) is 14.8. The van der Waals surface area contributed by atoms with E-state index < -0.39 is 5.60 Å². The minimum Gasteiger partial charge on any atom is -0.385 e. The van der Waals surface area contributed by atoms with Gasteiger partial charge in [-0.15, -0.1) is 0 Å². The van der Waals surface area contributed by atoms with E-state index in [-0.39, 0.29) is 5.54 Å². The molecule has 0 bridgehead atoms. The van der Waals surface area contributed by atoms with Crippen molar-refractivity contribution >= 4 is 10.8 Å². The highest BCUT2D eigenvalue weighted by Gasteiger charge is 2.25. The predicted molar refractivity (Wildman–Crippen MR) is 85.9 cm³/mol. The first kappa shape index (κ1) is 15.0. The van der Waals surface area contributed by atoms with E-state index in [1.807, 2.05) is 31.2 Å². The van der Waals surface area contributed by atoms with Gasteiger partial charge in [-0.3, -0.25) is 0 Å². The first-order valence-electron chi connectivity index (χ1n) is 7.25. The molecule has 108 valence electrons. The Hall–Kier alpha value is -1.38. The van der Waals surface area contributed by atoms with E-state index in [0.717, 1.165) is 17.5 Å². The molecule has 0 aromatic heterocycles. The van der Waals surface area contributed by atoms with Crippen LogP contribution >= 0.6 is 0 Å². The summed E-state index contributed by atoms with van der Waals surface area (Å²) < 4.78 is 0. The minimum absolute atomic E-state index is 0.0782. The summed E-state index contributed by atoms with van der Waals surface area (Å²) in [6.45, 7) is 9.11. The fourth-order valence-electron chi connectivity index (χ4n) is 2.51. The topological polar surface area (TPSA) is 32.3 Å². The molecule has 0 heterocycles. The average Bonchev–Trinajstić information content (AvgIpc) is 2.36. The fraction of sp³-hybridized carbons (Fsp3) is 0.444. The lowest BCUT2D eigenvalue weighted by atomic mass is 9.88. The highest BCUT2D eigenvalue weighted by molar-refractivity contribution is 5.86. The molecular formula is C18H25NO. The Morgan fingerprint density at radius 2 is 1.60 bits per heavy atom. The fourth-order valence-corrected chi connectivity index (χ4v) is 2.51. The SMILES string of the molecule is CC(C)(C)NCCC(C)(O)c1cccc2ccccc12. The second-order valence-corrected chi connectivity index (χ2v) is 6.73. The molecule has 0 radical (unpaired) electrons. The maximum absolute atomic E-state index is 10.8. The molecule has 0 aliphatic heterocycles. The van der Waals surface area contributed by atoms with Crippen molar-refractivity contribution in [3.8, 4) is 0 Å². The summed E-state index contributed by atoms with van der Waals surface area (Å²) in [5, 5.41) is 16.6. The Balaban J connectivity index is 2.23. The molecule has 2 nitrogen and oxygen atoms in total. The molecule has 2 rings (SSSR count). The molecular weight excluding hydrogens is 246 g/mol. The molecule has 2 heteroatoms. The first-order valence-corrected chi connectivity index (χ1v) is 7.25. The van der Waals surface area contributed by atoms with Crippen LogP contribution in [0.25, 0.3) is 10.8 Å². The normalized spacial score (nSPS) is 15.2. The van der Waals surface area contributed by atoms with Crippen LogP contribution in [0.1, 0.15) is 39.7 Å². The Labute approximate surface area is 121 Å². The van der Waals surface area contributed by atoms with Crippen LogP contribution in [0.2, 0.25) is 0 Å². The van der Waals surface area contributed by atoms with Gasteiger partial charge in [-0.2, -0.15) is 0 Å². The van der Waals surface area contributed by atoms with Crippen molar-refractivity contribution in [1.82, 2.24) is 5.32 Å². The highest BCUT2D eigenvalue weighted by atomic mass is 16.3. The summed E-state index contributed by atoms with van der Waals surface area (Å²) in [6, 6.07) is 14.3. The molecule has 0 amide bonds. The van der Waals surface area contributed by atoms with Crippen LogP contribution in [-0.4, -0.2) is 17.2 Å². The number of hydrogen-bond acceptors (Lipinski definition) is 2. The monoisotopic (exact) mass is 271 g/mol. The number of nitrogens with one attached hydrogen (secondary N) is 1. The third-order valence-electron chi connectivity index (χ3n) is 3.64. The van der Waals surface area contributed by atoms with Gasteiger partial charge in [0.05, 0.1) is 5.60 Å². The van der Waals surface area contributed by atoms with Crippen molar-refractivity contribution in [1.29, 1.82) is 0 Å². The number of aliphatic hydroxyl groups is 1. The van der Waals surface area contributed by atoms with Gasteiger partial charge >= 0.3 is 0 Å². The molecule has 2 aromatic rings. The molecule has 0 aliphatic rings. The van der Waals surface area contributed by atoms with Crippen LogP contribution < -0.4 is 5.32 Å². The van der Waals surface area contributed by atoms with Gasteiger partial charge in [0.1, 0.15) is 0 Å². The van der Waals surface area contributed by atoms with Gasteiger partial charge in [0.2, 0.25) is 0 Å². The van der Waals surface area contributed by atoms with Crippen molar-refractivity contribution in [3.05, 3.63) is 48.0 Å². The van der Waals surface area contributed by atoms with E-state index in [1.54, 1.807) is 0 Å². The summed E-state index contributed by atoms with van der Waals surface area (Å²) >= 11 is 0. The second kappa shape index (κ2) is 5.55. The van der Waals surface area contributed by atoms with Crippen LogP contribution in [0.5, 0.6) is 0 Å². The molecule has 1 unspecified atom stereocenters. The van der Waals surface area contributed by atoms with E-state index in [1.165, 1.54) is 5.39 Å². The van der Waals surface area contributed by atoms with Crippen LogP contribution in [0.15, 0.2) is 42.5 Å². The average molecular weight is 271 g/mol. The van der Waals surface area contributed by atoms with Crippen LogP contribution in [-0.2, 0) is 5.60 Å². The summed E-state index contributed by atoms with van der Waals surface area (Å²) in [4.78, 5) is 0. The van der Waals surface area contributed by atoms with Gasteiger partial charge in [-0.1, -0.05) is 42.5 Å². The second-order valence-electron chi connectivity index (χ2n) is 6.73. The van der Waals surface area contributed by atoms with E-state index in [2.05, 4.69) is 44.3 Å². The van der Waals surface area contributed by atoms with Gasteiger partial charge < -0.3 is 10.4 Å². The van der Waals surface area contributed by atoms with E-state index in [4.69, 9.17) is 0 Å². The zero-order valence-electron chi connectivity index (χ0n) is 12.9. The van der Waals surface area contributed by atoms with E-state index >= 15 is 0 Å². The van der Waals surface area contributed by atoms with Crippen molar-refractivity contribution in [2.45, 2.75) is 45.3 Å². The van der Waals surface area contributed by atoms with Crippen LogP contribution in [0, 0.1) is 0 Å². The largest absolute Gasteiger partial charge is 0.385 e. The highest BCUT2D eigenvalue weighted by Crippen LogP contribution is 2.30. The van der Waals surface area contributed by atoms with Crippen molar-refractivity contribution < 1.29 is 5.11 Å². The number of fused-ring (bicyclic) bond motifs is 1. The van der Waals surface area contributed by atoms with E-state index in [0.29, 0.717) is 6.42 Å². The first-order chi connectivity index (χ1) is 9.30. The summed E-state index contributed by atoms with van der Waals surface area (Å²) in [7, 11) is 0. The molecule has 20 heavy (non-hydrogen) atoms. The molecule has 0 saturated carbocycles. The number of benzene rings is 2. The Bertz CT molecular complexity index is 576. The molecule has 0 saturated heterocycles. The summed E-state index contributed by atoms with van der Waals surface area (Å²) in [5.74, 6) is 0. The van der Waals surface area contributed by atoms with Crippen LogP contribution in [0.3, 0.4) is 0 Å². The van der Waals surface area contributed by atoms with Gasteiger partial charge in [0.15, 0.2) is 0 Å². The lowest BCUT2D eigenvalue weighted by Gasteiger charge is -2.28. The summed E-state index contributed by atoms with van der Waals surface area (Å²) in [5.41, 5.74) is 0.264. The third-order valence-corrected chi connectivity index (χ3v) is 3.64. The van der Waals surface area contributed by atoms with Crippen LogP contribution in [0.4, 0.5) is 0 Å². The predicted octanol–water partition coefficient (Wildman–Crippen LogP) is 3.83. The Morgan fingerprint density at radius 1 is 0.950 bits per heavy atom. The zero-order valence-corrected chi connectivity index (χ0v) is 12.9. The van der Waals surface area contributed by atoms with Gasteiger partial charge in [0.25, 0.3) is 0 Å². The van der Waals surface area contributed by atoms with Crippen molar-refractivity contribution in [2.24, 2.45) is 0 Å². The maximum Gasteiger partial charge on any atom is 0.0886 e. The smallest absolute Gasteiger partial charge is 0.0886 e. The molecule has 1 atom stereocenters. The standard InChI is InChI=1S/C18H25NO/c1-17(2,3)19-13-12-18(4,20)16-11-7-9-14-8-5-6-10-15(14)16/h5-11,19-20H,12-13H2,1-4H3. The molecule has 2 N–H and O–H groups in total. The van der Waals surface area contributed by atoms with Gasteiger partial charge in [-0.25, -0.2) is 0 Å². The minimum atomic E-state index is -0.820. The van der Waals surface area contributed by atoms with Crippen molar-refractivity contribution in [2.75, 3.05) is 6.54 Å². The molecule has 2 aromatic carbocycles. The van der Waals surface area contributed by atoms with E-state index in [9.17, 15) is 5.11 Å². The van der Waals surface area contributed by atoms with Crippen molar-refractivity contribution in [3.63, 3.8) is 0 Å². The quantitative estimate of drug-likeness (QED) is 0.886. The Morgan fingerprint density at radius 3 is 2.30 bits per heavy atom. The lowest BCUT2D eigenvalue weighted by Crippen LogP contribution is -2.39. The summed E-state index contributed by atoms with van der Waals surface area (Å²) in [6.07, 6.45) is 0.693. The lowest BCUT2D eigenvalue weighted by molar-refractivity contribution is 0.0479. The molecule has 0 fully saturated rings. The third kappa shape index (κ3) is 3.59. The molecule has 0 spiro atoms. The van der Waals surface area contributed by atoms with Gasteiger partial charge in [0, 0.05) is 5.54 Å². The molecule has 0 aliphatic carbocycles. The van der Waals surface area contributed by atoms with Gasteiger partial charge in [-0.05, 0) is 57.0 Å². The number of hydrogen-bond donors (Lipinski definition) is 2. The Kier molecular flexibility index (Phi) is 4.17. The maximum atomic E-state index is 10.8.